The number of imide groups is 1. The monoisotopic (exact) mass is 751 g/mol. The molecule has 3 fully saturated rings. The van der Waals surface area contributed by atoms with Crippen LogP contribution in [0.25, 0.3) is 0 Å². The number of aromatic hydroxyl groups is 1. The van der Waals surface area contributed by atoms with Gasteiger partial charge in [0, 0.05) is 75.0 Å². The van der Waals surface area contributed by atoms with Crippen LogP contribution < -0.4 is 19.9 Å². The molecule has 10 heteroatoms. The molecule has 4 aromatic carbocycles. The highest BCUT2D eigenvalue weighted by atomic mass is 16.5. The van der Waals surface area contributed by atoms with Crippen molar-refractivity contribution >= 4 is 29.1 Å². The van der Waals surface area contributed by atoms with E-state index in [2.05, 4.69) is 80.7 Å². The molecule has 0 saturated carbocycles. The Morgan fingerprint density at radius 1 is 0.786 bits per heavy atom. The Labute approximate surface area is 328 Å². The zero-order valence-electron chi connectivity index (χ0n) is 31.7. The number of fused-ring (bicyclic) bond motifs is 6. The lowest BCUT2D eigenvalue weighted by Gasteiger charge is -2.47. The van der Waals surface area contributed by atoms with E-state index < -0.39 is 6.04 Å². The Morgan fingerprint density at radius 3 is 2.41 bits per heavy atom. The summed E-state index contributed by atoms with van der Waals surface area (Å²) >= 11 is 0. The molecule has 0 aromatic heterocycles. The number of phenols is 1. The molecule has 2 N–H and O–H groups in total. The van der Waals surface area contributed by atoms with E-state index in [-0.39, 0.29) is 36.1 Å². The minimum atomic E-state index is -0.629. The summed E-state index contributed by atoms with van der Waals surface area (Å²) in [4.78, 5) is 47.2. The molecule has 5 aliphatic heterocycles. The third-order valence-corrected chi connectivity index (χ3v) is 13.5. The molecule has 0 bridgehead atoms. The van der Waals surface area contributed by atoms with Crippen LogP contribution in [0.2, 0.25) is 0 Å². The van der Waals surface area contributed by atoms with E-state index in [0.717, 1.165) is 82.0 Å². The molecule has 56 heavy (non-hydrogen) atoms. The molecule has 6 aliphatic rings. The molecule has 1 aliphatic carbocycles. The summed E-state index contributed by atoms with van der Waals surface area (Å²) in [6, 6.07) is 29.5. The van der Waals surface area contributed by atoms with Crippen LogP contribution in [-0.2, 0) is 22.6 Å². The summed E-state index contributed by atoms with van der Waals surface area (Å²) in [6.45, 7) is 6.89. The average Bonchev–Trinajstić information content (AvgIpc) is 3.56. The van der Waals surface area contributed by atoms with Gasteiger partial charge in [-0.15, -0.1) is 0 Å². The second-order valence-electron chi connectivity index (χ2n) is 16.7. The quantitative estimate of drug-likeness (QED) is 0.238. The van der Waals surface area contributed by atoms with E-state index in [0.29, 0.717) is 42.7 Å². The van der Waals surface area contributed by atoms with E-state index in [4.69, 9.17) is 4.74 Å². The number of anilines is 2. The number of benzene rings is 4. The fourth-order valence-electron chi connectivity index (χ4n) is 10.7. The Bertz CT molecular complexity index is 2170. The molecule has 3 saturated heterocycles. The minimum Gasteiger partial charge on any atom is -0.508 e. The zero-order valence-corrected chi connectivity index (χ0v) is 31.7. The number of amides is 3. The van der Waals surface area contributed by atoms with Gasteiger partial charge < -0.3 is 24.5 Å². The normalized spacial score (nSPS) is 25.2. The number of piperazine rings is 1. The SMILES string of the molecule is O=C1CCC(N2Cc3c(ccc4c3N3CCN(CC5CCN(c6ccc([C@@H]7c8ccc(O)cc8CC[C@@H]7c7ccccc7)cc6)CC5)C[C@H]3CO4)C2=O)C(=O)N1. The van der Waals surface area contributed by atoms with Gasteiger partial charge in [0.05, 0.1) is 11.7 Å². The van der Waals surface area contributed by atoms with Crippen molar-refractivity contribution in [2.45, 2.75) is 69.0 Å². The Kier molecular flexibility index (Phi) is 8.96. The fraction of sp³-hybridized carbons (Fsp3) is 0.413. The van der Waals surface area contributed by atoms with Crippen molar-refractivity contribution in [3.05, 3.63) is 118 Å². The van der Waals surface area contributed by atoms with Gasteiger partial charge in [-0.25, -0.2) is 0 Å². The van der Waals surface area contributed by atoms with Crippen LogP contribution >= 0.6 is 0 Å². The number of ether oxygens (including phenoxy) is 1. The van der Waals surface area contributed by atoms with Crippen molar-refractivity contribution in [2.24, 2.45) is 5.92 Å². The first kappa shape index (κ1) is 35.1. The van der Waals surface area contributed by atoms with Crippen LogP contribution in [0.5, 0.6) is 11.5 Å². The first-order valence-electron chi connectivity index (χ1n) is 20.5. The number of hydrogen-bond acceptors (Lipinski definition) is 8. The van der Waals surface area contributed by atoms with Gasteiger partial charge in [-0.1, -0.05) is 48.5 Å². The van der Waals surface area contributed by atoms with E-state index in [1.54, 1.807) is 4.90 Å². The summed E-state index contributed by atoms with van der Waals surface area (Å²) in [5.41, 5.74) is 9.17. The number of carbonyl (C=O) groups excluding carboxylic acids is 3. The molecule has 3 amide bonds. The van der Waals surface area contributed by atoms with E-state index in [9.17, 15) is 19.5 Å². The largest absolute Gasteiger partial charge is 0.508 e. The highest BCUT2D eigenvalue weighted by molar-refractivity contribution is 6.06. The summed E-state index contributed by atoms with van der Waals surface area (Å²) in [6.07, 6.45) is 4.95. The number of hydrogen-bond donors (Lipinski definition) is 2. The number of carbonyl (C=O) groups is 3. The molecule has 10 rings (SSSR count). The van der Waals surface area contributed by atoms with Crippen LogP contribution in [0, 0.1) is 5.92 Å². The predicted octanol–water partition coefficient (Wildman–Crippen LogP) is 5.81. The van der Waals surface area contributed by atoms with Gasteiger partial charge in [0.2, 0.25) is 11.8 Å². The molecule has 10 nitrogen and oxygen atoms in total. The smallest absolute Gasteiger partial charge is 0.255 e. The van der Waals surface area contributed by atoms with Crippen molar-refractivity contribution in [2.75, 3.05) is 55.7 Å². The number of rotatable bonds is 6. The zero-order chi connectivity index (χ0) is 37.9. The number of aryl methyl sites for hydroxylation is 1. The van der Waals surface area contributed by atoms with Crippen molar-refractivity contribution in [3.63, 3.8) is 0 Å². The van der Waals surface area contributed by atoms with Gasteiger partial charge in [-0.3, -0.25) is 24.6 Å². The Morgan fingerprint density at radius 2 is 1.61 bits per heavy atom. The second kappa shape index (κ2) is 14.3. The number of nitrogens with zero attached hydrogens (tertiary/aromatic N) is 4. The molecule has 4 atom stereocenters. The average molecular weight is 752 g/mol. The maximum absolute atomic E-state index is 13.5. The van der Waals surface area contributed by atoms with Crippen molar-refractivity contribution in [1.82, 2.24) is 15.1 Å². The number of nitrogens with one attached hydrogen (secondary N) is 1. The summed E-state index contributed by atoms with van der Waals surface area (Å²) in [7, 11) is 0. The van der Waals surface area contributed by atoms with Gasteiger partial charge in [0.25, 0.3) is 5.91 Å². The van der Waals surface area contributed by atoms with Crippen molar-refractivity contribution < 1.29 is 24.2 Å². The number of phenolic OH excluding ortho intramolecular Hbond substituents is 1. The van der Waals surface area contributed by atoms with Crippen LogP contribution in [0.1, 0.15) is 82.1 Å². The van der Waals surface area contributed by atoms with Gasteiger partial charge in [-0.05, 0) is 103 Å². The van der Waals surface area contributed by atoms with Crippen LogP contribution in [0.4, 0.5) is 11.4 Å². The lowest BCUT2D eigenvalue weighted by atomic mass is 9.69. The topological polar surface area (TPSA) is 106 Å². The molecule has 288 valence electrons. The minimum absolute atomic E-state index is 0.145. The molecule has 4 aromatic rings. The third-order valence-electron chi connectivity index (χ3n) is 13.5. The van der Waals surface area contributed by atoms with Crippen molar-refractivity contribution in [1.29, 1.82) is 0 Å². The highest BCUT2D eigenvalue weighted by Gasteiger charge is 2.44. The Balaban J connectivity index is 0.772. The maximum atomic E-state index is 13.5. The maximum Gasteiger partial charge on any atom is 0.255 e. The molecule has 0 spiro atoms. The lowest BCUT2D eigenvalue weighted by Crippen LogP contribution is -2.58. The standard InChI is InChI=1S/C46H49N5O5/c52-35-11-13-37-32(24-35)8-12-36(30-4-2-1-3-5-30)43(37)31-6-9-33(10-7-31)49-20-18-29(19-21-49)25-48-22-23-50-34(26-48)28-56-41-16-14-38-39(44(41)50)27-51(46(38)55)40-15-17-42(53)47-45(40)54/h1-7,9-11,13-14,16,24,29,34,36,40,43,52H,8,12,15,17-23,25-28H2,(H,47,53,54)/t34-,36+,40?,43-/m0/s1. The summed E-state index contributed by atoms with van der Waals surface area (Å²) in [5, 5.41) is 12.7. The predicted molar refractivity (Wildman–Crippen MR) is 214 cm³/mol. The summed E-state index contributed by atoms with van der Waals surface area (Å²) < 4.78 is 6.33. The van der Waals surface area contributed by atoms with E-state index in [1.807, 2.05) is 24.3 Å². The first-order valence-corrected chi connectivity index (χ1v) is 20.5. The molecular formula is C46H49N5O5. The van der Waals surface area contributed by atoms with Gasteiger partial charge in [-0.2, -0.15) is 0 Å². The van der Waals surface area contributed by atoms with Crippen molar-refractivity contribution in [3.8, 4) is 11.5 Å². The summed E-state index contributed by atoms with van der Waals surface area (Å²) in [5.74, 6) is 1.64. The molecule has 5 heterocycles. The molecular weight excluding hydrogens is 703 g/mol. The van der Waals surface area contributed by atoms with Gasteiger partial charge >= 0.3 is 0 Å². The number of piperidine rings is 2. The molecule has 1 unspecified atom stereocenters. The third kappa shape index (κ3) is 6.28. The van der Waals surface area contributed by atoms with E-state index in [1.165, 1.54) is 27.9 Å². The second-order valence-corrected chi connectivity index (χ2v) is 16.7. The van der Waals surface area contributed by atoms with Gasteiger partial charge in [0.15, 0.2) is 0 Å². The highest BCUT2D eigenvalue weighted by Crippen LogP contribution is 2.48. The van der Waals surface area contributed by atoms with Crippen LogP contribution in [0.3, 0.4) is 0 Å². The van der Waals surface area contributed by atoms with Crippen LogP contribution in [0.15, 0.2) is 84.9 Å². The lowest BCUT2D eigenvalue weighted by molar-refractivity contribution is -0.136. The Hall–Kier alpha value is -5.35. The van der Waals surface area contributed by atoms with Gasteiger partial charge in [0.1, 0.15) is 24.1 Å². The molecule has 0 radical (unpaired) electrons. The fourth-order valence-corrected chi connectivity index (χ4v) is 10.7. The first-order chi connectivity index (χ1) is 27.4. The van der Waals surface area contributed by atoms with Crippen LogP contribution in [-0.4, -0.2) is 90.6 Å². The van der Waals surface area contributed by atoms with E-state index >= 15 is 0 Å².